The SMILES string of the molecule is CN(CC1COc2ccccc2O1)C(=O)Nc1nc2c(s1)CCCCC2. The van der Waals surface area contributed by atoms with Crippen molar-refractivity contribution in [1.29, 1.82) is 0 Å². The molecule has 0 fully saturated rings. The topological polar surface area (TPSA) is 63.7 Å². The Morgan fingerprint density at radius 1 is 1.27 bits per heavy atom. The lowest BCUT2D eigenvalue weighted by atomic mass is 10.2. The molecule has 1 aliphatic heterocycles. The first kappa shape index (κ1) is 17.1. The van der Waals surface area contributed by atoms with Gasteiger partial charge in [-0.3, -0.25) is 5.32 Å². The molecule has 2 aliphatic rings. The van der Waals surface area contributed by atoms with Crippen LogP contribution >= 0.6 is 11.3 Å². The summed E-state index contributed by atoms with van der Waals surface area (Å²) in [5.74, 6) is 1.47. The fourth-order valence-electron chi connectivity index (χ4n) is 3.31. The minimum Gasteiger partial charge on any atom is -0.486 e. The van der Waals surface area contributed by atoms with Gasteiger partial charge in [0.05, 0.1) is 12.2 Å². The minimum atomic E-state index is -0.186. The van der Waals surface area contributed by atoms with Crippen LogP contribution in [0.3, 0.4) is 0 Å². The number of likely N-dealkylation sites (N-methyl/N-ethyl adjacent to an activating group) is 1. The summed E-state index contributed by atoms with van der Waals surface area (Å²) in [4.78, 5) is 20.1. The predicted molar refractivity (Wildman–Crippen MR) is 101 cm³/mol. The van der Waals surface area contributed by atoms with Gasteiger partial charge in [0.2, 0.25) is 0 Å². The van der Waals surface area contributed by atoms with Gasteiger partial charge in [-0.1, -0.05) is 18.6 Å². The summed E-state index contributed by atoms with van der Waals surface area (Å²) >= 11 is 1.61. The molecule has 1 aliphatic carbocycles. The second kappa shape index (κ2) is 7.53. The standard InChI is InChI=1S/C19H23N3O3S/c1-22(11-13-12-24-15-8-5-6-9-16(15)25-13)19(23)21-18-20-14-7-3-2-4-10-17(14)26-18/h5-6,8-9,13H,2-4,7,10-12H2,1H3,(H,20,21,23). The van der Waals surface area contributed by atoms with Crippen LogP contribution in [0.1, 0.15) is 29.8 Å². The molecule has 26 heavy (non-hydrogen) atoms. The molecule has 6 nitrogen and oxygen atoms in total. The number of fused-ring (bicyclic) bond motifs is 2. The maximum atomic E-state index is 12.5. The van der Waals surface area contributed by atoms with E-state index in [1.165, 1.54) is 24.1 Å². The molecule has 1 aromatic heterocycles. The van der Waals surface area contributed by atoms with E-state index in [1.807, 2.05) is 24.3 Å². The number of carbonyl (C=O) groups excluding carboxylic acids is 1. The molecule has 1 unspecified atom stereocenters. The predicted octanol–water partition coefficient (Wildman–Crippen LogP) is 3.72. The van der Waals surface area contributed by atoms with E-state index in [0.29, 0.717) is 18.3 Å². The third-order valence-corrected chi connectivity index (χ3v) is 5.77. The Hall–Kier alpha value is -2.28. The molecule has 7 heteroatoms. The van der Waals surface area contributed by atoms with Gasteiger partial charge in [-0.15, -0.1) is 11.3 Å². The van der Waals surface area contributed by atoms with Gasteiger partial charge in [0.25, 0.3) is 0 Å². The lowest BCUT2D eigenvalue weighted by molar-refractivity contribution is 0.0731. The summed E-state index contributed by atoms with van der Waals surface area (Å²) in [6.45, 7) is 0.880. The van der Waals surface area contributed by atoms with Crippen molar-refractivity contribution in [3.05, 3.63) is 34.8 Å². The first-order chi connectivity index (χ1) is 12.7. The number of carbonyl (C=O) groups is 1. The molecule has 1 atom stereocenters. The van der Waals surface area contributed by atoms with Crippen LogP contribution in [0.4, 0.5) is 9.93 Å². The highest BCUT2D eigenvalue weighted by Crippen LogP contribution is 2.31. The highest BCUT2D eigenvalue weighted by molar-refractivity contribution is 7.15. The Bertz CT molecular complexity index is 769. The molecular formula is C19H23N3O3S. The molecule has 1 N–H and O–H groups in total. The molecule has 2 heterocycles. The number of para-hydroxylation sites is 2. The zero-order valence-electron chi connectivity index (χ0n) is 14.9. The quantitative estimate of drug-likeness (QED) is 0.833. The van der Waals surface area contributed by atoms with Crippen LogP contribution < -0.4 is 14.8 Å². The van der Waals surface area contributed by atoms with Crippen molar-refractivity contribution in [2.24, 2.45) is 0 Å². The number of rotatable bonds is 3. The summed E-state index contributed by atoms with van der Waals surface area (Å²) in [7, 11) is 1.76. The van der Waals surface area contributed by atoms with Crippen LogP contribution in [0.15, 0.2) is 24.3 Å². The van der Waals surface area contributed by atoms with E-state index >= 15 is 0 Å². The van der Waals surface area contributed by atoms with Crippen molar-refractivity contribution < 1.29 is 14.3 Å². The largest absolute Gasteiger partial charge is 0.486 e. The molecule has 4 rings (SSSR count). The Morgan fingerprint density at radius 2 is 2.08 bits per heavy atom. The number of thiazole rings is 1. The number of nitrogens with one attached hydrogen (secondary N) is 1. The summed E-state index contributed by atoms with van der Waals surface area (Å²) in [5.41, 5.74) is 1.16. The summed E-state index contributed by atoms with van der Waals surface area (Å²) in [5, 5.41) is 3.62. The van der Waals surface area contributed by atoms with Crippen molar-refractivity contribution >= 4 is 22.5 Å². The van der Waals surface area contributed by atoms with Gasteiger partial charge < -0.3 is 14.4 Å². The molecule has 138 valence electrons. The number of ether oxygens (including phenoxy) is 2. The Labute approximate surface area is 157 Å². The first-order valence-electron chi connectivity index (χ1n) is 9.08. The van der Waals surface area contributed by atoms with Crippen LogP contribution in [0.5, 0.6) is 11.5 Å². The van der Waals surface area contributed by atoms with Gasteiger partial charge in [0, 0.05) is 11.9 Å². The summed E-state index contributed by atoms with van der Waals surface area (Å²) in [6.07, 6.45) is 5.57. The molecule has 0 saturated carbocycles. The molecule has 0 radical (unpaired) electrons. The average Bonchev–Trinajstić information content (AvgIpc) is 2.89. The molecule has 2 amide bonds. The van der Waals surface area contributed by atoms with E-state index in [4.69, 9.17) is 9.47 Å². The summed E-state index contributed by atoms with van der Waals surface area (Å²) < 4.78 is 11.6. The van der Waals surface area contributed by atoms with E-state index in [-0.39, 0.29) is 12.1 Å². The highest BCUT2D eigenvalue weighted by atomic mass is 32.1. The van der Waals surface area contributed by atoms with Crippen molar-refractivity contribution in [3.63, 3.8) is 0 Å². The molecule has 1 aromatic carbocycles. The fraction of sp³-hybridized carbons (Fsp3) is 0.474. The zero-order chi connectivity index (χ0) is 17.9. The van der Waals surface area contributed by atoms with Crippen molar-refractivity contribution in [1.82, 2.24) is 9.88 Å². The number of hydrogen-bond donors (Lipinski definition) is 1. The van der Waals surface area contributed by atoms with Crippen LogP contribution in [-0.2, 0) is 12.8 Å². The van der Waals surface area contributed by atoms with Crippen LogP contribution in [-0.4, -0.2) is 42.2 Å². The minimum absolute atomic E-state index is 0.170. The molecule has 0 spiro atoms. The third kappa shape index (κ3) is 3.77. The third-order valence-electron chi connectivity index (χ3n) is 4.70. The molecule has 0 bridgehead atoms. The van der Waals surface area contributed by atoms with E-state index in [0.717, 1.165) is 30.0 Å². The van der Waals surface area contributed by atoms with E-state index in [1.54, 1.807) is 23.3 Å². The van der Waals surface area contributed by atoms with E-state index < -0.39 is 0 Å². The van der Waals surface area contributed by atoms with Crippen LogP contribution in [0, 0.1) is 0 Å². The van der Waals surface area contributed by atoms with Crippen molar-refractivity contribution in [2.75, 3.05) is 25.5 Å². The number of aromatic nitrogens is 1. The van der Waals surface area contributed by atoms with Gasteiger partial charge in [0.1, 0.15) is 6.61 Å². The average molecular weight is 373 g/mol. The highest BCUT2D eigenvalue weighted by Gasteiger charge is 2.24. The summed E-state index contributed by atoms with van der Waals surface area (Å²) in [6, 6.07) is 7.42. The number of amides is 2. The van der Waals surface area contributed by atoms with Crippen molar-refractivity contribution in [2.45, 2.75) is 38.2 Å². The van der Waals surface area contributed by atoms with E-state index in [9.17, 15) is 4.79 Å². The number of aryl methyl sites for hydroxylation is 2. The second-order valence-electron chi connectivity index (χ2n) is 6.76. The lowest BCUT2D eigenvalue weighted by Crippen LogP contribution is -2.43. The Balaban J connectivity index is 1.34. The molecule has 0 saturated heterocycles. The maximum Gasteiger partial charge on any atom is 0.323 e. The maximum absolute atomic E-state index is 12.5. The first-order valence-corrected chi connectivity index (χ1v) is 9.90. The number of benzene rings is 1. The normalized spacial score (nSPS) is 18.6. The van der Waals surface area contributed by atoms with Crippen LogP contribution in [0.25, 0.3) is 0 Å². The van der Waals surface area contributed by atoms with Gasteiger partial charge in [-0.05, 0) is 37.8 Å². The van der Waals surface area contributed by atoms with Gasteiger partial charge >= 0.3 is 6.03 Å². The van der Waals surface area contributed by atoms with Gasteiger partial charge in [0.15, 0.2) is 22.7 Å². The monoisotopic (exact) mass is 373 g/mol. The molecular weight excluding hydrogens is 350 g/mol. The number of nitrogens with zero attached hydrogens (tertiary/aromatic N) is 2. The number of urea groups is 1. The Kier molecular flexibility index (Phi) is 4.97. The fourth-order valence-corrected chi connectivity index (χ4v) is 4.35. The molecule has 2 aromatic rings. The van der Waals surface area contributed by atoms with Gasteiger partial charge in [-0.25, -0.2) is 9.78 Å². The zero-order valence-corrected chi connectivity index (χ0v) is 15.7. The second-order valence-corrected chi connectivity index (χ2v) is 7.84. The Morgan fingerprint density at radius 3 is 2.96 bits per heavy atom. The van der Waals surface area contributed by atoms with Crippen LogP contribution in [0.2, 0.25) is 0 Å². The number of hydrogen-bond acceptors (Lipinski definition) is 5. The lowest BCUT2D eigenvalue weighted by Gasteiger charge is -2.29. The van der Waals surface area contributed by atoms with E-state index in [2.05, 4.69) is 10.3 Å². The van der Waals surface area contributed by atoms with Crippen molar-refractivity contribution in [3.8, 4) is 11.5 Å². The number of anilines is 1. The smallest absolute Gasteiger partial charge is 0.323 e. The van der Waals surface area contributed by atoms with Gasteiger partial charge in [-0.2, -0.15) is 0 Å².